The molecular weight excluding hydrogens is 208 g/mol. The molecule has 0 spiro atoms. The van der Waals surface area contributed by atoms with Crippen molar-refractivity contribution in [3.8, 4) is 0 Å². The molecule has 0 aromatic rings. The second kappa shape index (κ2) is 8.10. The minimum absolute atomic E-state index is 0.469. The topological polar surface area (TPSA) is 6.48 Å². The van der Waals surface area contributed by atoms with E-state index in [-0.39, 0.29) is 0 Å². The number of likely N-dealkylation sites (N-methyl/N-ethyl adjacent to an activating group) is 2. The van der Waals surface area contributed by atoms with E-state index in [1.54, 1.807) is 0 Å². The third-order valence-corrected chi connectivity index (χ3v) is 3.81. The Morgan fingerprint density at radius 3 is 1.88 bits per heavy atom. The van der Waals surface area contributed by atoms with Gasteiger partial charge in [-0.05, 0) is 45.4 Å². The zero-order chi connectivity index (χ0) is 13.5. The fourth-order valence-electron chi connectivity index (χ4n) is 2.61. The minimum atomic E-state index is 0.469. The van der Waals surface area contributed by atoms with Crippen molar-refractivity contribution in [2.45, 2.75) is 59.9 Å². The largest absolute Gasteiger partial charge is 0.305 e. The summed E-state index contributed by atoms with van der Waals surface area (Å²) in [5, 5.41) is 0. The predicted octanol–water partition coefficient (Wildman–Crippen LogP) is 3.47. The average Bonchev–Trinajstić information content (AvgIpc) is 2.23. The molecule has 0 radical (unpaired) electrons. The zero-order valence-electron chi connectivity index (χ0n) is 13.2. The van der Waals surface area contributed by atoms with E-state index in [9.17, 15) is 0 Å². The summed E-state index contributed by atoms with van der Waals surface area (Å²) in [4.78, 5) is 4.93. The smallest absolute Gasteiger partial charge is 0.0222 e. The van der Waals surface area contributed by atoms with E-state index in [1.165, 1.54) is 25.8 Å². The van der Waals surface area contributed by atoms with Gasteiger partial charge in [-0.2, -0.15) is 0 Å². The first-order valence-electron chi connectivity index (χ1n) is 7.25. The lowest BCUT2D eigenvalue weighted by Gasteiger charge is -2.36. The predicted molar refractivity (Wildman–Crippen MR) is 78.6 cm³/mol. The maximum absolute atomic E-state index is 2.53. The highest BCUT2D eigenvalue weighted by Crippen LogP contribution is 2.29. The Morgan fingerprint density at radius 1 is 1.00 bits per heavy atom. The fraction of sp³-hybridized carbons (Fsp3) is 1.00. The van der Waals surface area contributed by atoms with Crippen molar-refractivity contribution >= 4 is 0 Å². The van der Waals surface area contributed by atoms with E-state index in [0.29, 0.717) is 11.5 Å². The van der Waals surface area contributed by atoms with Gasteiger partial charge in [-0.25, -0.2) is 0 Å². The Bertz CT molecular complexity index is 183. The Hall–Kier alpha value is -0.0800. The highest BCUT2D eigenvalue weighted by molar-refractivity contribution is 4.79. The van der Waals surface area contributed by atoms with Crippen LogP contribution in [0, 0.1) is 5.41 Å². The molecule has 104 valence electrons. The molecule has 0 amide bonds. The van der Waals surface area contributed by atoms with Crippen LogP contribution in [-0.4, -0.2) is 49.6 Å². The van der Waals surface area contributed by atoms with Crippen LogP contribution in [0.4, 0.5) is 0 Å². The van der Waals surface area contributed by atoms with Gasteiger partial charge in [0.05, 0.1) is 0 Å². The monoisotopic (exact) mass is 242 g/mol. The Labute approximate surface area is 109 Å². The van der Waals surface area contributed by atoms with E-state index in [0.717, 1.165) is 13.1 Å². The second-order valence-electron chi connectivity index (χ2n) is 6.22. The van der Waals surface area contributed by atoms with E-state index in [4.69, 9.17) is 0 Å². The highest BCUT2D eigenvalue weighted by atomic mass is 15.2. The van der Waals surface area contributed by atoms with Gasteiger partial charge in [0.15, 0.2) is 0 Å². The van der Waals surface area contributed by atoms with Crippen molar-refractivity contribution in [3.05, 3.63) is 0 Å². The molecule has 0 heterocycles. The molecule has 0 aromatic heterocycles. The molecule has 0 saturated heterocycles. The Kier molecular flexibility index (Phi) is 8.06. The summed E-state index contributed by atoms with van der Waals surface area (Å²) in [6.45, 7) is 15.2. The molecule has 0 aliphatic heterocycles. The number of hydrogen-bond donors (Lipinski definition) is 0. The van der Waals surface area contributed by atoms with Crippen molar-refractivity contribution in [2.24, 2.45) is 5.41 Å². The van der Waals surface area contributed by atoms with Crippen LogP contribution in [0.2, 0.25) is 0 Å². The van der Waals surface area contributed by atoms with E-state index >= 15 is 0 Å². The summed E-state index contributed by atoms with van der Waals surface area (Å²) in [5.74, 6) is 0. The maximum atomic E-state index is 2.53. The van der Waals surface area contributed by atoms with Gasteiger partial charge in [-0.1, -0.05) is 41.0 Å². The molecular formula is C15H34N2. The molecule has 2 nitrogen and oxygen atoms in total. The van der Waals surface area contributed by atoms with E-state index in [1.807, 2.05) is 0 Å². The number of hydrogen-bond acceptors (Lipinski definition) is 2. The first kappa shape index (κ1) is 16.9. The van der Waals surface area contributed by atoms with E-state index < -0.39 is 0 Å². The van der Waals surface area contributed by atoms with Crippen LogP contribution in [0.25, 0.3) is 0 Å². The van der Waals surface area contributed by atoms with Crippen LogP contribution in [0.15, 0.2) is 0 Å². The maximum Gasteiger partial charge on any atom is 0.0222 e. The molecule has 0 aliphatic carbocycles. The van der Waals surface area contributed by atoms with Crippen LogP contribution >= 0.6 is 0 Å². The van der Waals surface area contributed by atoms with Crippen LogP contribution in [0.5, 0.6) is 0 Å². The van der Waals surface area contributed by atoms with Gasteiger partial charge in [0, 0.05) is 12.6 Å². The SMILES string of the molecule is CCCC(C)(C)CC(CN(CC)CC)N(C)C. The normalized spacial score (nSPS) is 14.6. The Morgan fingerprint density at radius 2 is 1.53 bits per heavy atom. The molecule has 0 aliphatic rings. The molecule has 2 heteroatoms. The molecule has 1 unspecified atom stereocenters. The highest BCUT2D eigenvalue weighted by Gasteiger charge is 2.24. The van der Waals surface area contributed by atoms with Crippen molar-refractivity contribution in [3.63, 3.8) is 0 Å². The molecule has 0 aromatic carbocycles. The first-order valence-corrected chi connectivity index (χ1v) is 7.25. The molecule has 1 atom stereocenters. The van der Waals surface area contributed by atoms with Gasteiger partial charge in [0.2, 0.25) is 0 Å². The van der Waals surface area contributed by atoms with Crippen LogP contribution in [0.1, 0.15) is 53.9 Å². The summed E-state index contributed by atoms with van der Waals surface area (Å²) in [6.07, 6.45) is 3.92. The van der Waals surface area contributed by atoms with E-state index in [2.05, 4.69) is 58.5 Å². The van der Waals surface area contributed by atoms with Crippen molar-refractivity contribution in [1.82, 2.24) is 9.80 Å². The quantitative estimate of drug-likeness (QED) is 0.611. The number of rotatable bonds is 9. The van der Waals surface area contributed by atoms with Crippen LogP contribution in [0.3, 0.4) is 0 Å². The molecule has 0 N–H and O–H groups in total. The van der Waals surface area contributed by atoms with Gasteiger partial charge >= 0.3 is 0 Å². The third-order valence-electron chi connectivity index (χ3n) is 3.81. The lowest BCUT2D eigenvalue weighted by molar-refractivity contribution is 0.138. The molecule has 0 fully saturated rings. The van der Waals surface area contributed by atoms with Crippen molar-refractivity contribution < 1.29 is 0 Å². The van der Waals surface area contributed by atoms with Crippen molar-refractivity contribution in [2.75, 3.05) is 33.7 Å². The average molecular weight is 242 g/mol. The minimum Gasteiger partial charge on any atom is -0.305 e. The summed E-state index contributed by atoms with van der Waals surface area (Å²) in [6, 6.07) is 0.677. The molecule has 0 bridgehead atoms. The van der Waals surface area contributed by atoms with Gasteiger partial charge in [0.25, 0.3) is 0 Å². The van der Waals surface area contributed by atoms with Crippen LogP contribution in [-0.2, 0) is 0 Å². The third kappa shape index (κ3) is 7.05. The van der Waals surface area contributed by atoms with Gasteiger partial charge in [-0.15, -0.1) is 0 Å². The summed E-state index contributed by atoms with van der Waals surface area (Å²) >= 11 is 0. The Balaban J connectivity index is 4.42. The summed E-state index contributed by atoms with van der Waals surface area (Å²) in [5.41, 5.74) is 0.469. The fourth-order valence-corrected chi connectivity index (χ4v) is 2.61. The lowest BCUT2D eigenvalue weighted by atomic mass is 9.81. The van der Waals surface area contributed by atoms with Gasteiger partial charge < -0.3 is 9.80 Å². The number of nitrogens with zero attached hydrogens (tertiary/aromatic N) is 2. The first-order chi connectivity index (χ1) is 7.86. The second-order valence-corrected chi connectivity index (χ2v) is 6.22. The molecule has 0 rings (SSSR count). The van der Waals surface area contributed by atoms with Crippen LogP contribution < -0.4 is 0 Å². The van der Waals surface area contributed by atoms with Crippen molar-refractivity contribution in [1.29, 1.82) is 0 Å². The standard InChI is InChI=1S/C15H34N2/c1-8-11-15(4,5)12-14(16(6)7)13-17(9-2)10-3/h14H,8-13H2,1-7H3. The lowest BCUT2D eigenvalue weighted by Crippen LogP contribution is -2.42. The zero-order valence-corrected chi connectivity index (χ0v) is 13.2. The summed E-state index contributed by atoms with van der Waals surface area (Å²) in [7, 11) is 4.44. The van der Waals surface area contributed by atoms with Gasteiger partial charge in [0.1, 0.15) is 0 Å². The molecule has 0 saturated carbocycles. The summed E-state index contributed by atoms with van der Waals surface area (Å²) < 4.78 is 0. The molecule has 17 heavy (non-hydrogen) atoms. The van der Waals surface area contributed by atoms with Gasteiger partial charge in [-0.3, -0.25) is 0 Å².